The minimum Gasteiger partial charge on any atom is -0.492 e. The Balaban J connectivity index is 1.24. The number of carbonyl (C=O) groups is 1. The molecule has 0 atom stereocenters. The Morgan fingerprint density at radius 2 is 1.76 bits per heavy atom. The second kappa shape index (κ2) is 10.2. The molecule has 0 saturated carbocycles. The van der Waals surface area contributed by atoms with Gasteiger partial charge in [-0.05, 0) is 42.0 Å². The van der Waals surface area contributed by atoms with Gasteiger partial charge in [-0.15, -0.1) is 0 Å². The van der Waals surface area contributed by atoms with Crippen molar-refractivity contribution in [2.75, 3.05) is 39.3 Å². The van der Waals surface area contributed by atoms with Gasteiger partial charge in [0.15, 0.2) is 0 Å². The van der Waals surface area contributed by atoms with Gasteiger partial charge < -0.3 is 14.1 Å². The van der Waals surface area contributed by atoms with Gasteiger partial charge in [-0.3, -0.25) is 14.6 Å². The van der Waals surface area contributed by atoms with E-state index in [0.717, 1.165) is 68.6 Å². The quantitative estimate of drug-likeness (QED) is 0.532. The summed E-state index contributed by atoms with van der Waals surface area (Å²) in [5.41, 5.74) is 3.39. The fraction of sp³-hybridized carbons (Fsp3) is 0.370. The van der Waals surface area contributed by atoms with E-state index in [1.54, 1.807) is 6.92 Å². The number of furan rings is 1. The van der Waals surface area contributed by atoms with Crippen molar-refractivity contribution in [3.05, 3.63) is 76.5 Å². The molecule has 2 aromatic carbocycles. The van der Waals surface area contributed by atoms with Crippen molar-refractivity contribution in [2.24, 2.45) is 0 Å². The van der Waals surface area contributed by atoms with Crippen LogP contribution in [0, 0.1) is 0 Å². The first-order valence-corrected chi connectivity index (χ1v) is 12.2. The number of halogens is 1. The molecule has 0 aliphatic carbocycles. The summed E-state index contributed by atoms with van der Waals surface area (Å²) in [4.78, 5) is 18.3. The van der Waals surface area contributed by atoms with Crippen LogP contribution in [0.15, 0.2) is 59.0 Å². The number of rotatable bonds is 5. The smallest absolute Gasteiger partial charge is 0.219 e. The highest BCUT2D eigenvalue weighted by molar-refractivity contribution is 6.33. The number of nitrogens with zero attached hydrogens (tertiary/aromatic N) is 3. The Labute approximate surface area is 205 Å². The normalized spacial score (nSPS) is 17.2. The van der Waals surface area contributed by atoms with E-state index in [9.17, 15) is 4.79 Å². The molecule has 0 unspecified atom stereocenters. The molecule has 3 heterocycles. The van der Waals surface area contributed by atoms with E-state index < -0.39 is 0 Å². The van der Waals surface area contributed by atoms with Crippen molar-refractivity contribution in [1.82, 2.24) is 14.7 Å². The fourth-order valence-electron chi connectivity index (χ4n) is 4.70. The van der Waals surface area contributed by atoms with E-state index in [0.29, 0.717) is 18.2 Å². The third-order valence-electron chi connectivity index (χ3n) is 6.59. The molecule has 1 fully saturated rings. The van der Waals surface area contributed by atoms with Gasteiger partial charge in [0.2, 0.25) is 5.91 Å². The minimum absolute atomic E-state index is 0.164. The van der Waals surface area contributed by atoms with Crippen LogP contribution in [0.2, 0.25) is 5.02 Å². The van der Waals surface area contributed by atoms with Gasteiger partial charge in [-0.25, -0.2) is 0 Å². The van der Waals surface area contributed by atoms with Gasteiger partial charge >= 0.3 is 0 Å². The van der Waals surface area contributed by atoms with Crippen molar-refractivity contribution in [2.45, 2.75) is 26.6 Å². The van der Waals surface area contributed by atoms with E-state index >= 15 is 0 Å². The topological polar surface area (TPSA) is 49.2 Å². The predicted molar refractivity (Wildman–Crippen MR) is 133 cm³/mol. The SMILES string of the molecule is CC(=O)N1CCN(Cc2ccc3c(c2)CN(Cc2ccc(-c4ccccc4Cl)o2)CCO3)CC1. The van der Waals surface area contributed by atoms with E-state index in [-0.39, 0.29) is 5.91 Å². The first-order chi connectivity index (χ1) is 16.5. The zero-order valence-corrected chi connectivity index (χ0v) is 20.3. The Hall–Kier alpha value is -2.80. The van der Waals surface area contributed by atoms with Crippen molar-refractivity contribution >= 4 is 17.5 Å². The van der Waals surface area contributed by atoms with Crippen LogP contribution in [0.3, 0.4) is 0 Å². The second-order valence-corrected chi connectivity index (χ2v) is 9.44. The number of carbonyl (C=O) groups excluding carboxylic acids is 1. The fourth-order valence-corrected chi connectivity index (χ4v) is 4.93. The highest BCUT2D eigenvalue weighted by atomic mass is 35.5. The highest BCUT2D eigenvalue weighted by Gasteiger charge is 2.21. The average Bonchev–Trinajstić information content (AvgIpc) is 3.19. The van der Waals surface area contributed by atoms with E-state index in [2.05, 4.69) is 28.0 Å². The molecule has 1 saturated heterocycles. The lowest BCUT2D eigenvalue weighted by molar-refractivity contribution is -0.130. The Morgan fingerprint density at radius 3 is 2.56 bits per heavy atom. The molecule has 2 aliphatic heterocycles. The van der Waals surface area contributed by atoms with E-state index in [4.69, 9.17) is 20.8 Å². The zero-order chi connectivity index (χ0) is 23.5. The predicted octanol–water partition coefficient (Wildman–Crippen LogP) is 4.66. The molecule has 0 bridgehead atoms. The molecule has 2 aliphatic rings. The number of ether oxygens (including phenoxy) is 1. The molecule has 7 heteroatoms. The van der Waals surface area contributed by atoms with Gasteiger partial charge in [0.1, 0.15) is 23.9 Å². The van der Waals surface area contributed by atoms with Gasteiger partial charge in [0.25, 0.3) is 0 Å². The number of hydrogen-bond donors (Lipinski definition) is 0. The van der Waals surface area contributed by atoms with E-state index in [1.807, 2.05) is 41.3 Å². The van der Waals surface area contributed by atoms with Crippen LogP contribution in [-0.2, 0) is 24.4 Å². The first-order valence-electron chi connectivity index (χ1n) is 11.8. The van der Waals surface area contributed by atoms with Crippen molar-refractivity contribution in [1.29, 1.82) is 0 Å². The van der Waals surface area contributed by atoms with Gasteiger partial charge in [-0.2, -0.15) is 0 Å². The van der Waals surface area contributed by atoms with Crippen LogP contribution < -0.4 is 4.74 Å². The van der Waals surface area contributed by atoms with Crippen LogP contribution in [0.4, 0.5) is 0 Å². The van der Waals surface area contributed by atoms with Crippen LogP contribution >= 0.6 is 11.6 Å². The van der Waals surface area contributed by atoms with Crippen molar-refractivity contribution in [3.8, 4) is 17.1 Å². The molecule has 1 amide bonds. The zero-order valence-electron chi connectivity index (χ0n) is 19.5. The number of amides is 1. The lowest BCUT2D eigenvalue weighted by Gasteiger charge is -2.34. The molecule has 0 radical (unpaired) electrons. The molecule has 0 spiro atoms. The standard InChI is InChI=1S/C27H30ClN3O3/c1-20(32)31-12-10-29(11-13-31)17-21-6-8-26-22(16-21)18-30(14-15-33-26)19-23-7-9-27(34-23)24-4-2-3-5-25(24)28/h2-9,16H,10-15,17-19H2,1H3. The monoisotopic (exact) mass is 479 g/mol. The number of piperazine rings is 1. The summed E-state index contributed by atoms with van der Waals surface area (Å²) < 4.78 is 12.2. The molecule has 6 nitrogen and oxygen atoms in total. The van der Waals surface area contributed by atoms with Crippen LogP contribution in [0.5, 0.6) is 5.75 Å². The lowest BCUT2D eigenvalue weighted by Crippen LogP contribution is -2.47. The maximum absolute atomic E-state index is 11.6. The summed E-state index contributed by atoms with van der Waals surface area (Å²) in [7, 11) is 0. The van der Waals surface area contributed by atoms with Crippen LogP contribution in [-0.4, -0.2) is 59.9 Å². The summed E-state index contributed by atoms with van der Waals surface area (Å²) in [6.07, 6.45) is 0. The van der Waals surface area contributed by atoms with Gasteiger partial charge in [0, 0.05) is 63.9 Å². The molecule has 178 valence electrons. The Morgan fingerprint density at radius 1 is 0.941 bits per heavy atom. The maximum atomic E-state index is 11.6. The molecule has 0 N–H and O–H groups in total. The first kappa shape index (κ1) is 23.0. The number of hydrogen-bond acceptors (Lipinski definition) is 5. The Kier molecular flexibility index (Phi) is 6.90. The largest absolute Gasteiger partial charge is 0.492 e. The molecular weight excluding hydrogens is 450 g/mol. The third kappa shape index (κ3) is 5.30. The molecule has 5 rings (SSSR count). The molecule has 3 aromatic rings. The summed E-state index contributed by atoms with van der Waals surface area (Å²) in [6, 6.07) is 18.3. The van der Waals surface area contributed by atoms with Crippen LogP contribution in [0.1, 0.15) is 23.8 Å². The van der Waals surface area contributed by atoms with Gasteiger partial charge in [0.05, 0.1) is 11.6 Å². The lowest BCUT2D eigenvalue weighted by atomic mass is 10.1. The second-order valence-electron chi connectivity index (χ2n) is 9.03. The van der Waals surface area contributed by atoms with E-state index in [1.165, 1.54) is 11.1 Å². The molecule has 34 heavy (non-hydrogen) atoms. The maximum Gasteiger partial charge on any atom is 0.219 e. The summed E-state index contributed by atoms with van der Waals surface area (Å²) in [5, 5.41) is 0.690. The average molecular weight is 480 g/mol. The summed E-state index contributed by atoms with van der Waals surface area (Å²) in [6.45, 7) is 8.96. The summed E-state index contributed by atoms with van der Waals surface area (Å²) >= 11 is 6.34. The third-order valence-corrected chi connectivity index (χ3v) is 6.92. The van der Waals surface area contributed by atoms with Crippen LogP contribution in [0.25, 0.3) is 11.3 Å². The molecule has 1 aromatic heterocycles. The number of benzene rings is 2. The van der Waals surface area contributed by atoms with Gasteiger partial charge in [-0.1, -0.05) is 29.8 Å². The molecular formula is C27H30ClN3O3. The highest BCUT2D eigenvalue weighted by Crippen LogP contribution is 2.30. The minimum atomic E-state index is 0.164. The van der Waals surface area contributed by atoms with Crippen molar-refractivity contribution < 1.29 is 13.9 Å². The number of fused-ring (bicyclic) bond motifs is 1. The van der Waals surface area contributed by atoms with Crippen molar-refractivity contribution in [3.63, 3.8) is 0 Å². The Bertz CT molecular complexity index is 1150. The summed E-state index contributed by atoms with van der Waals surface area (Å²) in [5.74, 6) is 2.83.